The van der Waals surface area contributed by atoms with Crippen LogP contribution < -0.4 is 10.6 Å². The summed E-state index contributed by atoms with van der Waals surface area (Å²) in [6, 6.07) is 17.6. The molecule has 0 saturated carbocycles. The average Bonchev–Trinajstić information content (AvgIpc) is 2.51. The maximum Gasteiger partial charge on any atom is 0.0440 e. The molecule has 0 aliphatic heterocycles. The summed E-state index contributed by atoms with van der Waals surface area (Å²) >= 11 is 0. The fraction of sp³-hybridized carbons (Fsp3) is 0.368. The fourth-order valence-electron chi connectivity index (χ4n) is 2.62. The van der Waals surface area contributed by atoms with Crippen molar-refractivity contribution in [2.45, 2.75) is 39.7 Å². The van der Waals surface area contributed by atoms with Crippen LogP contribution in [-0.4, -0.2) is 12.6 Å². The van der Waals surface area contributed by atoms with Crippen molar-refractivity contribution in [2.75, 3.05) is 11.4 Å². The second-order valence-corrected chi connectivity index (χ2v) is 5.57. The first-order valence-electron chi connectivity index (χ1n) is 7.83. The van der Waals surface area contributed by atoms with Gasteiger partial charge in [-0.25, -0.2) is 0 Å². The number of hydrogen-bond acceptors (Lipinski definition) is 2. The van der Waals surface area contributed by atoms with Crippen LogP contribution in [0, 0.1) is 6.92 Å². The van der Waals surface area contributed by atoms with Gasteiger partial charge in [0.1, 0.15) is 0 Å². The second kappa shape index (κ2) is 7.28. The van der Waals surface area contributed by atoms with Crippen molar-refractivity contribution in [1.29, 1.82) is 0 Å². The summed E-state index contributed by atoms with van der Waals surface area (Å²) in [6.45, 7) is 7.44. The van der Waals surface area contributed by atoms with E-state index in [1.165, 1.54) is 22.5 Å². The van der Waals surface area contributed by atoms with Gasteiger partial charge in [-0.05, 0) is 56.0 Å². The zero-order chi connectivity index (χ0) is 15.2. The number of rotatable bonds is 6. The summed E-state index contributed by atoms with van der Waals surface area (Å²) in [4.78, 5) is 2.35. The van der Waals surface area contributed by atoms with Gasteiger partial charge in [0.05, 0.1) is 0 Å². The predicted molar refractivity (Wildman–Crippen MR) is 92.3 cm³/mol. The van der Waals surface area contributed by atoms with Crippen LogP contribution in [-0.2, 0) is 6.42 Å². The molecule has 0 saturated heterocycles. The van der Waals surface area contributed by atoms with Crippen LogP contribution in [0.3, 0.4) is 0 Å². The van der Waals surface area contributed by atoms with Gasteiger partial charge < -0.3 is 10.6 Å². The van der Waals surface area contributed by atoms with Crippen LogP contribution in [0.1, 0.15) is 31.4 Å². The van der Waals surface area contributed by atoms with Gasteiger partial charge in [0.25, 0.3) is 0 Å². The highest BCUT2D eigenvalue weighted by molar-refractivity contribution is 5.66. The number of nitrogens with two attached hydrogens (primary N) is 1. The Morgan fingerprint density at radius 1 is 1.00 bits per heavy atom. The summed E-state index contributed by atoms with van der Waals surface area (Å²) in [5, 5.41) is 0. The Morgan fingerprint density at radius 2 is 1.67 bits per heavy atom. The van der Waals surface area contributed by atoms with Crippen molar-refractivity contribution in [3.05, 3.63) is 59.7 Å². The molecule has 21 heavy (non-hydrogen) atoms. The molecule has 112 valence electrons. The zero-order valence-electron chi connectivity index (χ0n) is 13.3. The summed E-state index contributed by atoms with van der Waals surface area (Å²) in [5.41, 5.74) is 11.2. The predicted octanol–water partition coefficient (Wildman–Crippen LogP) is 4.43. The summed E-state index contributed by atoms with van der Waals surface area (Å²) in [7, 11) is 0. The lowest BCUT2D eigenvalue weighted by atomic mass is 10.0. The molecule has 2 heteroatoms. The van der Waals surface area contributed by atoms with Crippen molar-refractivity contribution in [1.82, 2.24) is 0 Å². The van der Waals surface area contributed by atoms with Crippen LogP contribution in [0.5, 0.6) is 0 Å². The maximum absolute atomic E-state index is 6.03. The fourth-order valence-corrected chi connectivity index (χ4v) is 2.62. The molecule has 2 rings (SSSR count). The molecule has 0 bridgehead atoms. The Labute approximate surface area is 128 Å². The average molecular weight is 282 g/mol. The molecule has 0 heterocycles. The third-order valence-corrected chi connectivity index (χ3v) is 3.99. The van der Waals surface area contributed by atoms with E-state index in [1.54, 1.807) is 0 Å². The Balaban J connectivity index is 2.22. The molecule has 0 amide bonds. The normalized spacial score (nSPS) is 12.2. The minimum Gasteiger partial charge on any atom is -0.342 e. The smallest absolute Gasteiger partial charge is 0.0440 e. The van der Waals surface area contributed by atoms with E-state index in [4.69, 9.17) is 5.73 Å². The lowest BCUT2D eigenvalue weighted by Gasteiger charge is -2.25. The molecule has 2 aromatic rings. The highest BCUT2D eigenvalue weighted by Gasteiger charge is 2.09. The van der Waals surface area contributed by atoms with Gasteiger partial charge in [-0.2, -0.15) is 0 Å². The molecular formula is C19H26N2. The molecule has 0 aliphatic rings. The molecule has 2 N–H and O–H groups in total. The van der Waals surface area contributed by atoms with Crippen LogP contribution in [0.4, 0.5) is 11.4 Å². The van der Waals surface area contributed by atoms with Crippen molar-refractivity contribution >= 4 is 11.4 Å². The van der Waals surface area contributed by atoms with Crippen LogP contribution in [0.2, 0.25) is 0 Å². The van der Waals surface area contributed by atoms with Gasteiger partial charge in [0.2, 0.25) is 0 Å². The van der Waals surface area contributed by atoms with Crippen LogP contribution >= 0.6 is 0 Å². The SMILES string of the molecule is CCC(N)Cc1ccc(N(CC)c2ccccc2C)cc1. The molecule has 2 aromatic carbocycles. The number of aryl methyl sites for hydroxylation is 1. The summed E-state index contributed by atoms with van der Waals surface area (Å²) < 4.78 is 0. The number of nitrogens with zero attached hydrogens (tertiary/aromatic N) is 1. The Morgan fingerprint density at radius 3 is 2.24 bits per heavy atom. The second-order valence-electron chi connectivity index (χ2n) is 5.57. The van der Waals surface area contributed by atoms with E-state index in [1.807, 2.05) is 0 Å². The van der Waals surface area contributed by atoms with E-state index < -0.39 is 0 Å². The third kappa shape index (κ3) is 3.85. The van der Waals surface area contributed by atoms with Crippen molar-refractivity contribution in [3.8, 4) is 0 Å². The first kappa shape index (κ1) is 15.6. The summed E-state index contributed by atoms with van der Waals surface area (Å²) in [5.74, 6) is 0. The Kier molecular flexibility index (Phi) is 5.40. The molecule has 0 spiro atoms. The van der Waals surface area contributed by atoms with Crippen LogP contribution in [0.15, 0.2) is 48.5 Å². The molecular weight excluding hydrogens is 256 g/mol. The van der Waals surface area contributed by atoms with Gasteiger partial charge in [-0.3, -0.25) is 0 Å². The zero-order valence-corrected chi connectivity index (χ0v) is 13.3. The molecule has 2 nitrogen and oxygen atoms in total. The monoisotopic (exact) mass is 282 g/mol. The van der Waals surface area contributed by atoms with E-state index in [2.05, 4.69) is 74.2 Å². The molecule has 1 atom stereocenters. The molecule has 1 unspecified atom stereocenters. The molecule has 0 radical (unpaired) electrons. The number of benzene rings is 2. The Bertz CT molecular complexity index is 560. The topological polar surface area (TPSA) is 29.3 Å². The largest absolute Gasteiger partial charge is 0.342 e. The van der Waals surface area contributed by atoms with E-state index in [0.717, 1.165) is 19.4 Å². The van der Waals surface area contributed by atoms with E-state index in [9.17, 15) is 0 Å². The van der Waals surface area contributed by atoms with Crippen LogP contribution in [0.25, 0.3) is 0 Å². The van der Waals surface area contributed by atoms with Crippen molar-refractivity contribution in [2.24, 2.45) is 5.73 Å². The number of para-hydroxylation sites is 1. The standard InChI is InChI=1S/C19H26N2/c1-4-17(20)14-16-10-12-18(13-11-16)21(5-2)19-9-7-6-8-15(19)3/h6-13,17H,4-5,14,20H2,1-3H3. The lowest BCUT2D eigenvalue weighted by molar-refractivity contribution is 0.646. The first-order valence-corrected chi connectivity index (χ1v) is 7.83. The first-order chi connectivity index (χ1) is 10.2. The number of anilines is 2. The van der Waals surface area contributed by atoms with Gasteiger partial charge in [0, 0.05) is 24.0 Å². The highest BCUT2D eigenvalue weighted by Crippen LogP contribution is 2.28. The highest BCUT2D eigenvalue weighted by atomic mass is 15.1. The lowest BCUT2D eigenvalue weighted by Crippen LogP contribution is -2.21. The maximum atomic E-state index is 6.03. The molecule has 0 fully saturated rings. The van der Waals surface area contributed by atoms with Gasteiger partial charge in [-0.15, -0.1) is 0 Å². The minimum atomic E-state index is 0.259. The molecule has 0 aliphatic carbocycles. The third-order valence-electron chi connectivity index (χ3n) is 3.99. The van der Waals surface area contributed by atoms with E-state index in [0.29, 0.717) is 0 Å². The minimum absolute atomic E-state index is 0.259. The van der Waals surface area contributed by atoms with Crippen molar-refractivity contribution < 1.29 is 0 Å². The van der Waals surface area contributed by atoms with E-state index >= 15 is 0 Å². The van der Waals surface area contributed by atoms with E-state index in [-0.39, 0.29) is 6.04 Å². The van der Waals surface area contributed by atoms with Gasteiger partial charge >= 0.3 is 0 Å². The van der Waals surface area contributed by atoms with Gasteiger partial charge in [0.15, 0.2) is 0 Å². The quantitative estimate of drug-likeness (QED) is 0.849. The Hall–Kier alpha value is -1.80. The number of hydrogen-bond donors (Lipinski definition) is 1. The summed E-state index contributed by atoms with van der Waals surface area (Å²) in [6.07, 6.45) is 1.97. The van der Waals surface area contributed by atoms with Crippen molar-refractivity contribution in [3.63, 3.8) is 0 Å². The molecule has 0 aromatic heterocycles. The van der Waals surface area contributed by atoms with Gasteiger partial charge in [-0.1, -0.05) is 37.3 Å².